The minimum atomic E-state index is -4.46. The molecule has 1 aliphatic rings. The molecule has 0 aliphatic carbocycles. The second-order valence-corrected chi connectivity index (χ2v) is 7.62. The number of amides is 3. The van der Waals surface area contributed by atoms with Crippen LogP contribution < -0.4 is 0 Å². The molecule has 2 aromatic carbocycles. The highest BCUT2D eigenvalue weighted by molar-refractivity contribution is 6.10. The lowest BCUT2D eigenvalue weighted by Gasteiger charge is -2.29. The number of nitrogens with zero attached hydrogens (tertiary/aromatic N) is 2. The van der Waals surface area contributed by atoms with Gasteiger partial charge in [0.25, 0.3) is 0 Å². The normalized spacial score (nSPS) is 19.1. The molecule has 31 heavy (non-hydrogen) atoms. The molecule has 1 heterocycles. The quantitative estimate of drug-likeness (QED) is 0.533. The van der Waals surface area contributed by atoms with Crippen LogP contribution in [0.5, 0.6) is 0 Å². The van der Waals surface area contributed by atoms with E-state index in [4.69, 9.17) is 0 Å². The summed E-state index contributed by atoms with van der Waals surface area (Å²) in [5, 5.41) is 0. The van der Waals surface area contributed by atoms with Crippen LogP contribution in [-0.2, 0) is 32.5 Å². The van der Waals surface area contributed by atoms with Gasteiger partial charge in [0.05, 0.1) is 11.0 Å². The van der Waals surface area contributed by atoms with E-state index in [9.17, 15) is 31.9 Å². The summed E-state index contributed by atoms with van der Waals surface area (Å²) < 4.78 is 52.7. The first-order valence-corrected chi connectivity index (χ1v) is 9.42. The number of likely N-dealkylation sites (tertiary alicyclic amines) is 1. The minimum absolute atomic E-state index is 0.0116. The van der Waals surface area contributed by atoms with E-state index in [1.807, 2.05) is 0 Å². The summed E-state index contributed by atoms with van der Waals surface area (Å²) in [4.78, 5) is 40.1. The molecule has 164 valence electrons. The van der Waals surface area contributed by atoms with Crippen LogP contribution in [0.4, 0.5) is 17.6 Å². The summed E-state index contributed by atoms with van der Waals surface area (Å²) in [6, 6.07) is 9.86. The summed E-state index contributed by atoms with van der Waals surface area (Å²) in [7, 11) is 2.71. The maximum Gasteiger partial charge on any atom is 0.416 e. The van der Waals surface area contributed by atoms with Gasteiger partial charge in [0.15, 0.2) is 0 Å². The van der Waals surface area contributed by atoms with Gasteiger partial charge in [-0.05, 0) is 23.8 Å². The Kier molecular flexibility index (Phi) is 5.89. The van der Waals surface area contributed by atoms with Gasteiger partial charge in [-0.2, -0.15) is 13.2 Å². The summed E-state index contributed by atoms with van der Waals surface area (Å²) >= 11 is 0. The van der Waals surface area contributed by atoms with Crippen LogP contribution >= 0.6 is 0 Å². The Morgan fingerprint density at radius 3 is 2.23 bits per heavy atom. The highest BCUT2D eigenvalue weighted by Gasteiger charge is 2.53. The van der Waals surface area contributed by atoms with Crippen molar-refractivity contribution in [2.45, 2.75) is 31.0 Å². The minimum Gasteiger partial charge on any atom is -0.341 e. The van der Waals surface area contributed by atoms with Crippen LogP contribution in [0.25, 0.3) is 0 Å². The molecule has 1 aliphatic heterocycles. The van der Waals surface area contributed by atoms with Gasteiger partial charge in [-0.15, -0.1) is 0 Å². The van der Waals surface area contributed by atoms with Crippen LogP contribution in [0.2, 0.25) is 0 Å². The number of benzene rings is 2. The Hall–Kier alpha value is -3.23. The van der Waals surface area contributed by atoms with Crippen molar-refractivity contribution in [3.8, 4) is 0 Å². The SMILES string of the molecule is CN(Cc1ccc(C(F)(F)F)cc1)C(=O)C[C@@]1(c2ccccc2F)CC(=O)N(C)C1=O. The maximum absolute atomic E-state index is 14.5. The average Bonchev–Trinajstić information content (AvgIpc) is 2.92. The Labute approximate surface area is 176 Å². The van der Waals surface area contributed by atoms with E-state index in [0.717, 1.165) is 23.1 Å². The Morgan fingerprint density at radius 2 is 1.71 bits per heavy atom. The molecular formula is C22H20F4N2O3. The molecule has 1 fully saturated rings. The number of carbonyl (C=O) groups excluding carboxylic acids is 3. The van der Waals surface area contributed by atoms with Crippen molar-refractivity contribution in [3.05, 3.63) is 71.0 Å². The topological polar surface area (TPSA) is 57.7 Å². The number of hydrogen-bond acceptors (Lipinski definition) is 3. The van der Waals surface area contributed by atoms with Gasteiger partial charge in [-0.3, -0.25) is 19.3 Å². The number of alkyl halides is 3. The van der Waals surface area contributed by atoms with E-state index in [2.05, 4.69) is 0 Å². The van der Waals surface area contributed by atoms with E-state index in [1.165, 1.54) is 49.3 Å². The average molecular weight is 436 g/mol. The van der Waals surface area contributed by atoms with Crippen LogP contribution in [0.15, 0.2) is 48.5 Å². The molecule has 3 rings (SSSR count). The zero-order chi connectivity index (χ0) is 23.0. The van der Waals surface area contributed by atoms with Crippen molar-refractivity contribution in [2.24, 2.45) is 0 Å². The van der Waals surface area contributed by atoms with Crippen molar-refractivity contribution in [1.82, 2.24) is 9.80 Å². The fraction of sp³-hybridized carbons (Fsp3) is 0.318. The summed E-state index contributed by atoms with van der Waals surface area (Å²) in [5.41, 5.74) is -2.05. The van der Waals surface area contributed by atoms with Crippen LogP contribution in [0.1, 0.15) is 29.5 Å². The van der Waals surface area contributed by atoms with Gasteiger partial charge < -0.3 is 4.90 Å². The van der Waals surface area contributed by atoms with Crippen LogP contribution in [-0.4, -0.2) is 41.6 Å². The molecule has 2 aromatic rings. The monoisotopic (exact) mass is 436 g/mol. The third-order valence-corrected chi connectivity index (χ3v) is 5.51. The standard InChI is InChI=1S/C22H20F4N2O3/c1-27(13-14-7-9-15(10-8-14)22(24,25)26)18(29)11-21(12-19(30)28(2)20(21)31)16-5-3-4-6-17(16)23/h3-10H,11-13H2,1-2H3/t21-/m0/s1. The van der Waals surface area contributed by atoms with Crippen molar-refractivity contribution in [2.75, 3.05) is 14.1 Å². The summed E-state index contributed by atoms with van der Waals surface area (Å²) in [6.07, 6.45) is -5.25. The first-order valence-electron chi connectivity index (χ1n) is 9.42. The molecule has 0 spiro atoms. The molecule has 0 bridgehead atoms. The van der Waals surface area contributed by atoms with Crippen LogP contribution in [0.3, 0.4) is 0 Å². The van der Waals surface area contributed by atoms with E-state index in [-0.39, 0.29) is 18.5 Å². The second kappa shape index (κ2) is 8.13. The first-order chi connectivity index (χ1) is 14.5. The molecule has 5 nitrogen and oxygen atoms in total. The molecule has 9 heteroatoms. The molecule has 3 amide bonds. The van der Waals surface area contributed by atoms with E-state index >= 15 is 0 Å². The predicted octanol–water partition coefficient (Wildman–Crippen LogP) is 3.52. The smallest absolute Gasteiger partial charge is 0.341 e. The van der Waals surface area contributed by atoms with Gasteiger partial charge >= 0.3 is 6.18 Å². The number of likely N-dealkylation sites (N-methyl/N-ethyl adjacent to an activating group) is 1. The number of rotatable bonds is 5. The second-order valence-electron chi connectivity index (χ2n) is 7.62. The third-order valence-electron chi connectivity index (χ3n) is 5.51. The fourth-order valence-corrected chi connectivity index (χ4v) is 3.73. The van der Waals surface area contributed by atoms with Gasteiger partial charge in [-0.25, -0.2) is 4.39 Å². The zero-order valence-electron chi connectivity index (χ0n) is 16.9. The highest BCUT2D eigenvalue weighted by Crippen LogP contribution is 2.41. The number of halogens is 4. The number of imide groups is 1. The molecular weight excluding hydrogens is 416 g/mol. The Morgan fingerprint density at radius 1 is 1.10 bits per heavy atom. The van der Waals surface area contributed by atoms with Crippen LogP contribution in [0, 0.1) is 5.82 Å². The molecule has 1 saturated heterocycles. The van der Waals surface area contributed by atoms with Gasteiger partial charge in [0.1, 0.15) is 5.82 Å². The number of carbonyl (C=O) groups is 3. The Balaban J connectivity index is 1.84. The maximum atomic E-state index is 14.5. The summed E-state index contributed by atoms with van der Waals surface area (Å²) in [5.74, 6) is -2.43. The van der Waals surface area contributed by atoms with E-state index < -0.39 is 47.1 Å². The molecule has 0 unspecified atom stereocenters. The fourth-order valence-electron chi connectivity index (χ4n) is 3.73. The van der Waals surface area contributed by atoms with Gasteiger partial charge in [0.2, 0.25) is 17.7 Å². The van der Waals surface area contributed by atoms with Gasteiger partial charge in [-0.1, -0.05) is 30.3 Å². The third kappa shape index (κ3) is 4.30. The van der Waals surface area contributed by atoms with Crippen molar-refractivity contribution < 1.29 is 31.9 Å². The first kappa shape index (κ1) is 22.5. The lowest BCUT2D eigenvalue weighted by Crippen LogP contribution is -2.42. The molecule has 0 aromatic heterocycles. The van der Waals surface area contributed by atoms with E-state index in [0.29, 0.717) is 5.56 Å². The molecule has 0 radical (unpaired) electrons. The largest absolute Gasteiger partial charge is 0.416 e. The lowest BCUT2D eigenvalue weighted by molar-refractivity contribution is -0.141. The lowest BCUT2D eigenvalue weighted by atomic mass is 9.75. The molecule has 0 saturated carbocycles. The van der Waals surface area contributed by atoms with Crippen molar-refractivity contribution in [3.63, 3.8) is 0 Å². The van der Waals surface area contributed by atoms with Crippen molar-refractivity contribution in [1.29, 1.82) is 0 Å². The number of hydrogen-bond donors (Lipinski definition) is 0. The zero-order valence-corrected chi connectivity index (χ0v) is 16.9. The van der Waals surface area contributed by atoms with E-state index in [1.54, 1.807) is 0 Å². The predicted molar refractivity (Wildman–Crippen MR) is 103 cm³/mol. The highest BCUT2D eigenvalue weighted by atomic mass is 19.4. The summed E-state index contributed by atoms with van der Waals surface area (Å²) in [6.45, 7) is -0.0116. The Bertz CT molecular complexity index is 1020. The molecule has 0 N–H and O–H groups in total. The molecule has 1 atom stereocenters. The van der Waals surface area contributed by atoms with Crippen molar-refractivity contribution >= 4 is 17.7 Å². The van der Waals surface area contributed by atoms with Gasteiger partial charge in [0, 0.05) is 39.0 Å².